The van der Waals surface area contributed by atoms with Gasteiger partial charge in [-0.05, 0) is 49.2 Å². The van der Waals surface area contributed by atoms with E-state index in [1.54, 1.807) is 7.11 Å². The second kappa shape index (κ2) is 10.4. The summed E-state index contributed by atoms with van der Waals surface area (Å²) in [5, 5.41) is 2.96. The van der Waals surface area contributed by atoms with Crippen LogP contribution in [0.3, 0.4) is 0 Å². The van der Waals surface area contributed by atoms with Crippen molar-refractivity contribution in [3.8, 4) is 23.0 Å². The number of hydrogen-bond donors (Lipinski definition) is 1. The smallest absolute Gasteiger partial charge is 0.234 e. The molecule has 1 N–H and O–H groups in total. The van der Waals surface area contributed by atoms with E-state index < -0.39 is 0 Å². The Morgan fingerprint density at radius 2 is 1.90 bits per heavy atom. The summed E-state index contributed by atoms with van der Waals surface area (Å²) in [5.41, 5.74) is 1.18. The fourth-order valence-corrected chi connectivity index (χ4v) is 4.11. The van der Waals surface area contributed by atoms with Crippen molar-refractivity contribution in [2.24, 2.45) is 0 Å². The number of amides is 1. The SMILES string of the molecule is COc1ccccc1OCCNC(=O)CN1CCC[C@@H]1c1ccc2c(c1)OCCCO2. The Labute approximate surface area is 183 Å². The summed E-state index contributed by atoms with van der Waals surface area (Å²) < 4.78 is 22.6. The van der Waals surface area contributed by atoms with Crippen LogP contribution in [0.4, 0.5) is 0 Å². The molecule has 0 spiro atoms. The van der Waals surface area contributed by atoms with Crippen LogP contribution >= 0.6 is 0 Å². The number of carbonyl (C=O) groups excluding carboxylic acids is 1. The summed E-state index contributed by atoms with van der Waals surface area (Å²) in [6, 6.07) is 13.9. The molecule has 1 saturated heterocycles. The molecule has 0 radical (unpaired) electrons. The molecule has 31 heavy (non-hydrogen) atoms. The van der Waals surface area contributed by atoms with Crippen molar-refractivity contribution in [3.05, 3.63) is 48.0 Å². The Balaban J connectivity index is 1.27. The van der Waals surface area contributed by atoms with Crippen molar-refractivity contribution in [3.63, 3.8) is 0 Å². The number of likely N-dealkylation sites (tertiary alicyclic amines) is 1. The Hall–Kier alpha value is -2.93. The molecule has 1 atom stereocenters. The summed E-state index contributed by atoms with van der Waals surface area (Å²) in [6.07, 6.45) is 2.99. The van der Waals surface area contributed by atoms with Crippen molar-refractivity contribution < 1.29 is 23.7 Å². The molecule has 0 unspecified atom stereocenters. The highest BCUT2D eigenvalue weighted by molar-refractivity contribution is 5.78. The van der Waals surface area contributed by atoms with Crippen molar-refractivity contribution in [2.75, 3.05) is 46.6 Å². The average Bonchev–Trinajstić information content (AvgIpc) is 3.12. The maximum Gasteiger partial charge on any atom is 0.234 e. The highest BCUT2D eigenvalue weighted by atomic mass is 16.5. The standard InChI is InChI=1S/C24H30N2O5/c1-28-20-7-2-3-8-21(20)31-15-11-25-24(27)17-26-12-4-6-19(26)18-9-10-22-23(16-18)30-14-5-13-29-22/h2-3,7-10,16,19H,4-6,11-15,17H2,1H3,(H,25,27)/t19-/m1/s1. The molecule has 2 aromatic rings. The zero-order valence-corrected chi connectivity index (χ0v) is 18.0. The molecule has 2 aliphatic rings. The first-order chi connectivity index (χ1) is 15.2. The second-order valence-corrected chi connectivity index (χ2v) is 7.73. The molecule has 0 bridgehead atoms. The van der Waals surface area contributed by atoms with Crippen LogP contribution in [0, 0.1) is 0 Å². The number of hydrogen-bond acceptors (Lipinski definition) is 6. The van der Waals surface area contributed by atoms with E-state index in [9.17, 15) is 4.79 Å². The highest BCUT2D eigenvalue weighted by Gasteiger charge is 2.28. The molecule has 7 nitrogen and oxygen atoms in total. The Bertz CT molecular complexity index is 888. The molecule has 7 heteroatoms. The van der Waals surface area contributed by atoms with Crippen LogP contribution in [0.15, 0.2) is 42.5 Å². The molecule has 166 valence electrons. The van der Waals surface area contributed by atoms with Crippen LogP contribution in [0.1, 0.15) is 30.9 Å². The largest absolute Gasteiger partial charge is 0.493 e. The summed E-state index contributed by atoms with van der Waals surface area (Å²) >= 11 is 0. The van der Waals surface area contributed by atoms with Gasteiger partial charge >= 0.3 is 0 Å². The van der Waals surface area contributed by atoms with Gasteiger partial charge in [-0.25, -0.2) is 0 Å². The lowest BCUT2D eigenvalue weighted by atomic mass is 10.0. The van der Waals surface area contributed by atoms with Gasteiger partial charge in [0.25, 0.3) is 0 Å². The first kappa shape index (κ1) is 21.3. The van der Waals surface area contributed by atoms with E-state index in [4.69, 9.17) is 18.9 Å². The van der Waals surface area contributed by atoms with E-state index in [0.29, 0.717) is 44.4 Å². The van der Waals surface area contributed by atoms with Crippen molar-refractivity contribution >= 4 is 5.91 Å². The van der Waals surface area contributed by atoms with Gasteiger partial charge in [0.2, 0.25) is 5.91 Å². The van der Waals surface area contributed by atoms with E-state index >= 15 is 0 Å². The minimum Gasteiger partial charge on any atom is -0.493 e. The van der Waals surface area contributed by atoms with Crippen LogP contribution in [0.2, 0.25) is 0 Å². The Morgan fingerprint density at radius 3 is 2.74 bits per heavy atom. The van der Waals surface area contributed by atoms with Crippen molar-refractivity contribution in [2.45, 2.75) is 25.3 Å². The maximum absolute atomic E-state index is 12.5. The molecule has 0 aliphatic carbocycles. The number of ether oxygens (including phenoxy) is 4. The van der Waals surface area contributed by atoms with Crippen LogP contribution in [-0.2, 0) is 4.79 Å². The molecular weight excluding hydrogens is 396 g/mol. The van der Waals surface area contributed by atoms with Gasteiger partial charge in [-0.15, -0.1) is 0 Å². The van der Waals surface area contributed by atoms with Gasteiger partial charge in [-0.3, -0.25) is 9.69 Å². The lowest BCUT2D eigenvalue weighted by Gasteiger charge is -2.25. The van der Waals surface area contributed by atoms with Crippen LogP contribution in [0.25, 0.3) is 0 Å². The molecule has 2 heterocycles. The molecule has 2 aliphatic heterocycles. The van der Waals surface area contributed by atoms with Crippen LogP contribution in [-0.4, -0.2) is 57.4 Å². The maximum atomic E-state index is 12.5. The summed E-state index contributed by atoms with van der Waals surface area (Å²) in [7, 11) is 1.61. The minimum atomic E-state index is 0.00451. The minimum absolute atomic E-state index is 0.00451. The quantitative estimate of drug-likeness (QED) is 0.654. The summed E-state index contributed by atoms with van der Waals surface area (Å²) in [6.45, 7) is 3.46. The lowest BCUT2D eigenvalue weighted by Crippen LogP contribution is -2.38. The van der Waals surface area contributed by atoms with Gasteiger partial charge in [-0.1, -0.05) is 18.2 Å². The predicted molar refractivity (Wildman–Crippen MR) is 117 cm³/mol. The van der Waals surface area contributed by atoms with Crippen molar-refractivity contribution in [1.82, 2.24) is 10.2 Å². The third-order valence-corrected chi connectivity index (χ3v) is 5.62. The molecule has 2 aromatic carbocycles. The number of methoxy groups -OCH3 is 1. The fraction of sp³-hybridized carbons (Fsp3) is 0.458. The van der Waals surface area contributed by atoms with Crippen molar-refractivity contribution in [1.29, 1.82) is 0 Å². The number of nitrogens with zero attached hydrogens (tertiary/aromatic N) is 1. The van der Waals surface area contributed by atoms with E-state index in [1.807, 2.05) is 30.3 Å². The first-order valence-electron chi connectivity index (χ1n) is 10.9. The number of benzene rings is 2. The zero-order chi connectivity index (χ0) is 21.5. The topological polar surface area (TPSA) is 69.3 Å². The third-order valence-electron chi connectivity index (χ3n) is 5.62. The first-order valence-corrected chi connectivity index (χ1v) is 10.9. The van der Waals surface area contributed by atoms with E-state index in [2.05, 4.69) is 22.3 Å². The van der Waals surface area contributed by atoms with Crippen LogP contribution < -0.4 is 24.3 Å². The molecule has 0 aromatic heterocycles. The molecule has 4 rings (SSSR count). The number of rotatable bonds is 8. The second-order valence-electron chi connectivity index (χ2n) is 7.73. The number of carbonyl (C=O) groups is 1. The monoisotopic (exact) mass is 426 g/mol. The normalized spacial score (nSPS) is 18.3. The van der Waals surface area contributed by atoms with Crippen LogP contribution in [0.5, 0.6) is 23.0 Å². The van der Waals surface area contributed by atoms with E-state index in [-0.39, 0.29) is 11.9 Å². The summed E-state index contributed by atoms with van der Waals surface area (Å²) in [5.74, 6) is 2.97. The van der Waals surface area contributed by atoms with Gasteiger partial charge in [0, 0.05) is 12.5 Å². The molecule has 1 fully saturated rings. The highest BCUT2D eigenvalue weighted by Crippen LogP contribution is 2.37. The number of nitrogens with one attached hydrogen (secondary N) is 1. The van der Waals surface area contributed by atoms with Gasteiger partial charge in [0.05, 0.1) is 33.4 Å². The van der Waals surface area contributed by atoms with Gasteiger partial charge in [0.15, 0.2) is 23.0 Å². The summed E-state index contributed by atoms with van der Waals surface area (Å²) in [4.78, 5) is 14.7. The molecular formula is C24H30N2O5. The number of fused-ring (bicyclic) bond motifs is 1. The van der Waals surface area contributed by atoms with Gasteiger partial charge < -0.3 is 24.3 Å². The van der Waals surface area contributed by atoms with E-state index in [1.165, 1.54) is 5.56 Å². The molecule has 0 saturated carbocycles. The van der Waals surface area contributed by atoms with Gasteiger partial charge in [-0.2, -0.15) is 0 Å². The number of para-hydroxylation sites is 2. The Morgan fingerprint density at radius 1 is 1.10 bits per heavy atom. The predicted octanol–water partition coefficient (Wildman–Crippen LogP) is 3.19. The third kappa shape index (κ3) is 5.41. The Kier molecular flexibility index (Phi) is 7.14. The average molecular weight is 427 g/mol. The molecule has 1 amide bonds. The van der Waals surface area contributed by atoms with Gasteiger partial charge in [0.1, 0.15) is 6.61 Å². The zero-order valence-electron chi connectivity index (χ0n) is 18.0. The lowest BCUT2D eigenvalue weighted by molar-refractivity contribution is -0.122. The fourth-order valence-electron chi connectivity index (χ4n) is 4.11. The van der Waals surface area contributed by atoms with E-state index in [0.717, 1.165) is 37.3 Å².